The summed E-state index contributed by atoms with van der Waals surface area (Å²) in [6.07, 6.45) is 0.813. The van der Waals surface area contributed by atoms with Crippen LogP contribution in [0.5, 0.6) is 0 Å². The normalized spacial score (nSPS) is 19.1. The maximum atomic E-state index is 12.2. The number of hydrogen-bond acceptors (Lipinski definition) is 4. The zero-order chi connectivity index (χ0) is 14.8. The van der Waals surface area contributed by atoms with Crippen LogP contribution >= 0.6 is 0 Å². The van der Waals surface area contributed by atoms with Crippen LogP contribution in [-0.2, 0) is 4.74 Å². The van der Waals surface area contributed by atoms with Crippen LogP contribution < -0.4 is 5.69 Å². The number of H-pyrrole nitrogens is 1. The van der Waals surface area contributed by atoms with Crippen LogP contribution in [0.1, 0.15) is 25.8 Å². The van der Waals surface area contributed by atoms with Crippen molar-refractivity contribution in [3.8, 4) is 0 Å². The number of para-hydroxylation sites is 2. The molecule has 3 rings (SSSR count). The average molecular weight is 291 g/mol. The van der Waals surface area contributed by atoms with E-state index in [1.807, 2.05) is 40.7 Å². The first-order chi connectivity index (χ1) is 10.2. The molecule has 0 bridgehead atoms. The van der Waals surface area contributed by atoms with Crippen molar-refractivity contribution >= 4 is 11.0 Å². The third-order valence-corrected chi connectivity index (χ3v) is 4.12. The number of fused-ring (bicyclic) bond motifs is 1. The summed E-state index contributed by atoms with van der Waals surface area (Å²) >= 11 is 0. The zero-order valence-corrected chi connectivity index (χ0v) is 12.2. The Hall–Kier alpha value is -1.63. The van der Waals surface area contributed by atoms with Crippen molar-refractivity contribution in [3.05, 3.63) is 34.7 Å². The van der Waals surface area contributed by atoms with Crippen molar-refractivity contribution in [1.29, 1.82) is 0 Å². The summed E-state index contributed by atoms with van der Waals surface area (Å²) in [5.74, 6) is 0. The molecule has 21 heavy (non-hydrogen) atoms. The minimum absolute atomic E-state index is 0.0555. The van der Waals surface area contributed by atoms with E-state index in [2.05, 4.69) is 4.98 Å². The number of rotatable bonds is 4. The van der Waals surface area contributed by atoms with Crippen molar-refractivity contribution in [2.45, 2.75) is 32.2 Å². The van der Waals surface area contributed by atoms with Crippen LogP contribution in [0.2, 0.25) is 0 Å². The van der Waals surface area contributed by atoms with Gasteiger partial charge in [-0.25, -0.2) is 4.79 Å². The summed E-state index contributed by atoms with van der Waals surface area (Å²) in [5.41, 5.74) is 1.77. The molecule has 1 saturated heterocycles. The molecule has 0 amide bonds. The summed E-state index contributed by atoms with van der Waals surface area (Å²) in [4.78, 5) is 17.0. The lowest BCUT2D eigenvalue weighted by molar-refractivity contribution is -0.196. The van der Waals surface area contributed by atoms with Gasteiger partial charge in [0.25, 0.3) is 0 Å². The van der Waals surface area contributed by atoms with Crippen LogP contribution in [0.4, 0.5) is 0 Å². The van der Waals surface area contributed by atoms with E-state index < -0.39 is 6.41 Å². The second-order valence-corrected chi connectivity index (χ2v) is 5.37. The van der Waals surface area contributed by atoms with E-state index in [1.165, 1.54) is 0 Å². The number of piperidine rings is 1. The van der Waals surface area contributed by atoms with E-state index in [0.29, 0.717) is 6.61 Å². The Morgan fingerprint density at radius 3 is 2.81 bits per heavy atom. The number of aromatic amines is 1. The number of nitrogens with one attached hydrogen (secondary N) is 1. The fraction of sp³-hybridized carbons (Fsp3) is 0.533. The van der Waals surface area contributed by atoms with Gasteiger partial charge in [-0.3, -0.25) is 9.47 Å². The average Bonchev–Trinajstić information content (AvgIpc) is 2.83. The highest BCUT2D eigenvalue weighted by molar-refractivity contribution is 5.75. The van der Waals surface area contributed by atoms with Gasteiger partial charge in [0.15, 0.2) is 0 Å². The molecule has 1 fully saturated rings. The summed E-state index contributed by atoms with van der Waals surface area (Å²) in [5, 5.41) is 9.85. The molecule has 0 radical (unpaired) electrons. The predicted octanol–water partition coefficient (Wildman–Crippen LogP) is 1.28. The lowest BCUT2D eigenvalue weighted by Gasteiger charge is -2.34. The SMILES string of the molecule is CCOC(O)N1CCC(n2c(=O)[nH]c3ccccc32)CC1. The van der Waals surface area contributed by atoms with Crippen LogP contribution in [0.3, 0.4) is 0 Å². The summed E-state index contributed by atoms with van der Waals surface area (Å²) < 4.78 is 7.05. The lowest BCUT2D eigenvalue weighted by atomic mass is 10.0. The number of hydrogen-bond donors (Lipinski definition) is 2. The van der Waals surface area contributed by atoms with Crippen LogP contribution in [0.15, 0.2) is 29.1 Å². The maximum absolute atomic E-state index is 12.2. The Labute approximate surface area is 122 Å². The van der Waals surface area contributed by atoms with E-state index in [0.717, 1.165) is 37.0 Å². The van der Waals surface area contributed by atoms with E-state index >= 15 is 0 Å². The predicted molar refractivity (Wildman–Crippen MR) is 80.0 cm³/mol. The van der Waals surface area contributed by atoms with Crippen molar-refractivity contribution in [2.75, 3.05) is 19.7 Å². The van der Waals surface area contributed by atoms with Gasteiger partial charge >= 0.3 is 5.69 Å². The standard InChI is InChI=1S/C15H21N3O3/c1-2-21-15(20)17-9-7-11(8-10-17)18-13-6-4-3-5-12(13)16-14(18)19/h3-6,11,15,20H,2,7-10H2,1H3,(H,16,19). The van der Waals surface area contributed by atoms with Gasteiger partial charge in [0.2, 0.25) is 6.41 Å². The van der Waals surface area contributed by atoms with Gasteiger partial charge in [-0.1, -0.05) is 12.1 Å². The fourth-order valence-electron chi connectivity index (χ4n) is 3.06. The number of aromatic nitrogens is 2. The smallest absolute Gasteiger partial charge is 0.326 e. The van der Waals surface area contributed by atoms with Crippen molar-refractivity contribution in [1.82, 2.24) is 14.5 Å². The second kappa shape index (κ2) is 6.01. The van der Waals surface area contributed by atoms with Gasteiger partial charge in [0.1, 0.15) is 0 Å². The Morgan fingerprint density at radius 1 is 1.38 bits per heavy atom. The number of nitrogens with zero attached hydrogens (tertiary/aromatic N) is 2. The molecule has 1 aromatic carbocycles. The van der Waals surface area contributed by atoms with E-state index in [4.69, 9.17) is 4.74 Å². The van der Waals surface area contributed by atoms with Crippen molar-refractivity contribution < 1.29 is 9.84 Å². The topological polar surface area (TPSA) is 70.5 Å². The molecule has 2 aromatic rings. The molecule has 1 aliphatic rings. The minimum atomic E-state index is -0.837. The molecule has 0 spiro atoms. The Bertz CT molecular complexity index is 655. The monoisotopic (exact) mass is 291 g/mol. The van der Waals surface area contributed by atoms with Gasteiger partial charge in [0, 0.05) is 25.7 Å². The first-order valence-electron chi connectivity index (χ1n) is 7.43. The number of benzene rings is 1. The Morgan fingerprint density at radius 2 is 2.10 bits per heavy atom. The molecular formula is C15H21N3O3. The third kappa shape index (κ3) is 2.74. The number of aliphatic hydroxyl groups is 1. The van der Waals surface area contributed by atoms with Crippen LogP contribution in [-0.4, -0.2) is 45.7 Å². The van der Waals surface area contributed by atoms with Gasteiger partial charge in [0.05, 0.1) is 11.0 Å². The van der Waals surface area contributed by atoms with Gasteiger partial charge in [-0.15, -0.1) is 0 Å². The quantitative estimate of drug-likeness (QED) is 0.833. The van der Waals surface area contributed by atoms with E-state index in [-0.39, 0.29) is 11.7 Å². The molecule has 2 heterocycles. The highest BCUT2D eigenvalue weighted by Gasteiger charge is 2.26. The van der Waals surface area contributed by atoms with Gasteiger partial charge < -0.3 is 14.8 Å². The first kappa shape index (κ1) is 14.3. The highest BCUT2D eigenvalue weighted by atomic mass is 16.6. The molecule has 0 aliphatic carbocycles. The maximum Gasteiger partial charge on any atom is 0.326 e. The number of ether oxygens (including phenoxy) is 1. The Balaban J connectivity index is 1.77. The third-order valence-electron chi connectivity index (χ3n) is 4.12. The molecule has 6 heteroatoms. The molecule has 6 nitrogen and oxygen atoms in total. The fourth-order valence-corrected chi connectivity index (χ4v) is 3.06. The van der Waals surface area contributed by atoms with Crippen LogP contribution in [0.25, 0.3) is 11.0 Å². The lowest BCUT2D eigenvalue weighted by Crippen LogP contribution is -2.44. The molecule has 0 saturated carbocycles. The number of aliphatic hydroxyl groups excluding tert-OH is 1. The highest BCUT2D eigenvalue weighted by Crippen LogP contribution is 2.25. The Kier molecular flexibility index (Phi) is 4.10. The number of likely N-dealkylation sites (tertiary alicyclic amines) is 1. The van der Waals surface area contributed by atoms with E-state index in [1.54, 1.807) is 0 Å². The molecular weight excluding hydrogens is 270 g/mol. The minimum Gasteiger partial charge on any atom is -0.356 e. The first-order valence-corrected chi connectivity index (χ1v) is 7.43. The zero-order valence-electron chi connectivity index (χ0n) is 12.2. The molecule has 1 aromatic heterocycles. The molecule has 2 N–H and O–H groups in total. The van der Waals surface area contributed by atoms with Crippen LogP contribution in [0, 0.1) is 0 Å². The summed E-state index contributed by atoms with van der Waals surface area (Å²) in [6.45, 7) is 3.79. The molecule has 1 atom stereocenters. The van der Waals surface area contributed by atoms with E-state index in [9.17, 15) is 9.90 Å². The number of imidazole rings is 1. The summed E-state index contributed by atoms with van der Waals surface area (Å²) in [6, 6.07) is 7.92. The van der Waals surface area contributed by atoms with Gasteiger partial charge in [-0.2, -0.15) is 0 Å². The molecule has 1 unspecified atom stereocenters. The molecule has 114 valence electrons. The summed E-state index contributed by atoms with van der Waals surface area (Å²) in [7, 11) is 0. The van der Waals surface area contributed by atoms with Crippen molar-refractivity contribution in [3.63, 3.8) is 0 Å². The van der Waals surface area contributed by atoms with Crippen molar-refractivity contribution in [2.24, 2.45) is 0 Å². The van der Waals surface area contributed by atoms with Gasteiger partial charge in [-0.05, 0) is 31.9 Å². The largest absolute Gasteiger partial charge is 0.356 e. The molecule has 1 aliphatic heterocycles. The second-order valence-electron chi connectivity index (χ2n) is 5.37.